The average molecular weight is 258 g/mol. The van der Waals surface area contributed by atoms with Crippen LogP contribution in [0.2, 0.25) is 0 Å². The Morgan fingerprint density at radius 2 is 2.39 bits per heavy atom. The molecule has 1 rings (SSSR count). The van der Waals surface area contributed by atoms with Gasteiger partial charge in [-0.2, -0.15) is 0 Å². The fourth-order valence-corrected chi connectivity index (χ4v) is 1.35. The predicted molar refractivity (Wildman–Crippen MR) is 65.5 cm³/mol. The maximum atomic E-state index is 12.1. The first-order valence-corrected chi connectivity index (χ1v) is 5.43. The summed E-state index contributed by atoms with van der Waals surface area (Å²) in [6.07, 6.45) is 1.51. The fraction of sp³-hybridized carbons (Fsp3) is 0.455. The highest BCUT2D eigenvalue weighted by Gasteiger charge is 2.14. The van der Waals surface area contributed by atoms with Crippen molar-refractivity contribution in [2.75, 3.05) is 6.61 Å². The molecule has 1 aliphatic rings. The lowest BCUT2D eigenvalue weighted by molar-refractivity contribution is 0.0507. The minimum atomic E-state index is -2.53. The van der Waals surface area contributed by atoms with E-state index in [1.807, 2.05) is 0 Å². The summed E-state index contributed by atoms with van der Waals surface area (Å²) in [4.78, 5) is 3.72. The number of amidine groups is 1. The van der Waals surface area contributed by atoms with Gasteiger partial charge in [0.15, 0.2) is 0 Å². The van der Waals surface area contributed by atoms with Crippen LogP contribution < -0.4 is 11.1 Å². The van der Waals surface area contributed by atoms with Crippen molar-refractivity contribution in [2.24, 2.45) is 10.7 Å². The first-order valence-electron chi connectivity index (χ1n) is 5.43. The molecule has 0 heterocycles. The monoisotopic (exact) mass is 258 g/mol. The molecule has 0 fully saturated rings. The van der Waals surface area contributed by atoms with E-state index in [0.717, 1.165) is 0 Å². The third-order valence-electron chi connectivity index (χ3n) is 2.14. The second-order valence-corrected chi connectivity index (χ2v) is 3.75. The molecule has 0 atom stereocenters. The van der Waals surface area contributed by atoms with Gasteiger partial charge in [-0.25, -0.2) is 13.8 Å². The summed E-state index contributed by atoms with van der Waals surface area (Å²) in [6, 6.07) is 0. The number of nitrogens with two attached hydrogens (primary N) is 1. The molecule has 0 bridgehead atoms. The van der Waals surface area contributed by atoms with Crippen molar-refractivity contribution >= 4 is 12.2 Å². The molecule has 18 heavy (non-hydrogen) atoms. The van der Waals surface area contributed by atoms with Crippen LogP contribution in [0.3, 0.4) is 0 Å². The maximum Gasteiger partial charge on any atom is 0.272 e. The Hall–Kier alpha value is -1.92. The van der Waals surface area contributed by atoms with Crippen molar-refractivity contribution in [3.63, 3.8) is 0 Å². The summed E-state index contributed by atoms with van der Waals surface area (Å²) in [5.74, 6) is 0.442. The Labute approximate surface area is 104 Å². The molecule has 0 saturated carbocycles. The van der Waals surface area contributed by atoms with Gasteiger partial charge in [-0.1, -0.05) is 0 Å². The normalized spacial score (nSPS) is 16.1. The van der Waals surface area contributed by atoms with Crippen molar-refractivity contribution < 1.29 is 13.5 Å². The van der Waals surface area contributed by atoms with E-state index < -0.39 is 13.0 Å². The van der Waals surface area contributed by atoms with E-state index in [9.17, 15) is 8.78 Å². The Balaban J connectivity index is 2.72. The standard InChI is InChI=1S/C11H16F2N4O/c1-7(14)16-6-17-9-3-2-8(15)4-10(9)18-5-11(12)13/h4,6,11H,2-3,5,15H2,1H3,(H2,14,16,17). The first-order chi connectivity index (χ1) is 8.49. The summed E-state index contributed by atoms with van der Waals surface area (Å²) in [7, 11) is 0. The van der Waals surface area contributed by atoms with Crippen LogP contribution in [-0.4, -0.2) is 25.2 Å². The van der Waals surface area contributed by atoms with Gasteiger partial charge >= 0.3 is 0 Å². The van der Waals surface area contributed by atoms with E-state index in [2.05, 4.69) is 10.3 Å². The summed E-state index contributed by atoms with van der Waals surface area (Å²) in [6.45, 7) is 0.852. The molecule has 0 radical (unpaired) electrons. The zero-order valence-corrected chi connectivity index (χ0v) is 10.0. The van der Waals surface area contributed by atoms with Crippen LogP contribution in [0.25, 0.3) is 0 Å². The highest BCUT2D eigenvalue weighted by atomic mass is 19.3. The summed E-state index contributed by atoms with van der Waals surface area (Å²) in [5, 5.41) is 9.94. The van der Waals surface area contributed by atoms with Gasteiger partial charge in [0.2, 0.25) is 0 Å². The van der Waals surface area contributed by atoms with Gasteiger partial charge in [-0.3, -0.25) is 5.41 Å². The molecule has 5 nitrogen and oxygen atoms in total. The number of alkyl halides is 2. The number of ether oxygens (including phenoxy) is 1. The lowest BCUT2D eigenvalue weighted by atomic mass is 10.1. The van der Waals surface area contributed by atoms with Crippen LogP contribution in [0.4, 0.5) is 8.78 Å². The topological polar surface area (TPSA) is 83.5 Å². The van der Waals surface area contributed by atoms with Crippen molar-refractivity contribution in [3.8, 4) is 0 Å². The molecule has 0 saturated heterocycles. The van der Waals surface area contributed by atoms with Crippen LogP contribution >= 0.6 is 0 Å². The third kappa shape index (κ3) is 4.94. The number of hydrogen-bond acceptors (Lipinski definition) is 3. The van der Waals surface area contributed by atoms with E-state index >= 15 is 0 Å². The Morgan fingerprint density at radius 1 is 1.67 bits per heavy atom. The third-order valence-corrected chi connectivity index (χ3v) is 2.14. The van der Waals surface area contributed by atoms with E-state index in [-0.39, 0.29) is 5.84 Å². The van der Waals surface area contributed by atoms with E-state index in [0.29, 0.717) is 30.0 Å². The van der Waals surface area contributed by atoms with Gasteiger partial charge in [-0.05, 0) is 19.8 Å². The van der Waals surface area contributed by atoms with Crippen LogP contribution in [0, 0.1) is 5.41 Å². The Morgan fingerprint density at radius 3 is 3.00 bits per heavy atom. The van der Waals surface area contributed by atoms with E-state index in [1.54, 1.807) is 0 Å². The quantitative estimate of drug-likeness (QED) is 0.518. The molecule has 4 N–H and O–H groups in total. The van der Waals surface area contributed by atoms with Gasteiger partial charge in [0.25, 0.3) is 6.43 Å². The van der Waals surface area contributed by atoms with Crippen LogP contribution in [0.1, 0.15) is 19.8 Å². The largest absolute Gasteiger partial charge is 0.486 e. The minimum Gasteiger partial charge on any atom is -0.486 e. The molecule has 1 aliphatic carbocycles. The number of nitrogens with zero attached hydrogens (tertiary/aromatic N) is 1. The fourth-order valence-electron chi connectivity index (χ4n) is 1.35. The van der Waals surface area contributed by atoms with Crippen molar-refractivity contribution in [3.05, 3.63) is 23.2 Å². The highest BCUT2D eigenvalue weighted by molar-refractivity contribution is 5.84. The average Bonchev–Trinajstić information content (AvgIpc) is 2.28. The second kappa shape index (κ2) is 6.73. The zero-order chi connectivity index (χ0) is 13.5. The molecule has 0 aromatic carbocycles. The van der Waals surface area contributed by atoms with E-state index in [4.69, 9.17) is 15.9 Å². The van der Waals surface area contributed by atoms with E-state index in [1.165, 1.54) is 19.3 Å². The molecular formula is C11H16F2N4O. The van der Waals surface area contributed by atoms with Gasteiger partial charge < -0.3 is 15.8 Å². The summed E-state index contributed by atoms with van der Waals surface area (Å²) in [5.41, 5.74) is 6.86. The Bertz CT molecular complexity index is 402. The van der Waals surface area contributed by atoms with Crippen molar-refractivity contribution in [2.45, 2.75) is 26.2 Å². The van der Waals surface area contributed by atoms with Crippen LogP contribution in [-0.2, 0) is 4.74 Å². The molecule has 0 aromatic heterocycles. The molecule has 0 unspecified atom stereocenters. The maximum absolute atomic E-state index is 12.1. The molecule has 100 valence electrons. The first kappa shape index (κ1) is 14.1. The molecule has 0 amide bonds. The smallest absolute Gasteiger partial charge is 0.272 e. The molecule has 0 aliphatic heterocycles. The molecular weight excluding hydrogens is 242 g/mol. The number of halogens is 2. The number of hydrogen-bond donors (Lipinski definition) is 3. The zero-order valence-electron chi connectivity index (χ0n) is 10.0. The summed E-state index contributed by atoms with van der Waals surface area (Å²) >= 11 is 0. The molecule has 0 aromatic rings. The number of aliphatic imine (C=N–C) groups is 1. The number of allylic oxidation sites excluding steroid dienone is 3. The summed E-state index contributed by atoms with van der Waals surface area (Å²) < 4.78 is 29.2. The Kier molecular flexibility index (Phi) is 5.29. The van der Waals surface area contributed by atoms with Gasteiger partial charge in [0.1, 0.15) is 18.2 Å². The van der Waals surface area contributed by atoms with Crippen molar-refractivity contribution in [1.82, 2.24) is 5.32 Å². The predicted octanol–water partition coefficient (Wildman–Crippen LogP) is 1.73. The van der Waals surface area contributed by atoms with Crippen molar-refractivity contribution in [1.29, 1.82) is 5.41 Å². The SMILES string of the molecule is CC(=N)/N=C\NC1=C(OCC(F)F)C=C(N)CC1. The number of nitrogens with one attached hydrogen (secondary N) is 2. The van der Waals surface area contributed by atoms with Gasteiger partial charge in [0.05, 0.1) is 12.0 Å². The minimum absolute atomic E-state index is 0.143. The van der Waals surface area contributed by atoms with Gasteiger partial charge in [-0.15, -0.1) is 0 Å². The second-order valence-electron chi connectivity index (χ2n) is 3.75. The van der Waals surface area contributed by atoms with Gasteiger partial charge in [0, 0.05) is 11.8 Å². The molecule has 0 spiro atoms. The highest BCUT2D eigenvalue weighted by Crippen LogP contribution is 2.20. The molecule has 7 heteroatoms. The lowest BCUT2D eigenvalue weighted by Crippen LogP contribution is -2.20. The van der Waals surface area contributed by atoms with Crippen LogP contribution in [0.15, 0.2) is 28.2 Å². The number of rotatable bonds is 5. The lowest BCUT2D eigenvalue weighted by Gasteiger charge is -2.18. The van der Waals surface area contributed by atoms with Crippen LogP contribution in [0.5, 0.6) is 0 Å².